The first-order valence-electron chi connectivity index (χ1n) is 5.82. The molecule has 0 radical (unpaired) electrons. The number of ketones is 1. The smallest absolute Gasteiger partial charge is 0.445 e. The van der Waals surface area contributed by atoms with Gasteiger partial charge >= 0.3 is 11.7 Å². The number of benzene rings is 1. The van der Waals surface area contributed by atoms with E-state index >= 15 is 0 Å². The van der Waals surface area contributed by atoms with E-state index in [2.05, 4.69) is 15.4 Å². The van der Waals surface area contributed by atoms with Gasteiger partial charge in [-0.1, -0.05) is 24.1 Å². The number of hydrogen-bond acceptors (Lipinski definition) is 4. The monoisotopic (exact) mass is 284 g/mol. The summed E-state index contributed by atoms with van der Waals surface area (Å²) in [5, 5.41) is 0. The van der Waals surface area contributed by atoms with Crippen LogP contribution in [0.2, 0.25) is 0 Å². The number of nitrogens with zero attached hydrogens (tertiary/aromatic N) is 2. The van der Waals surface area contributed by atoms with Gasteiger partial charge in [-0.05, 0) is 18.2 Å². The second kappa shape index (κ2) is 8.10. The van der Waals surface area contributed by atoms with E-state index in [9.17, 15) is 9.59 Å². The summed E-state index contributed by atoms with van der Waals surface area (Å²) in [6.45, 7) is 0.0876. The van der Waals surface area contributed by atoms with Gasteiger partial charge in [0.05, 0.1) is 7.11 Å². The molecule has 21 heavy (non-hydrogen) atoms. The summed E-state index contributed by atoms with van der Waals surface area (Å²) in [7, 11) is 1.08. The molecule has 1 aromatic carbocycles. The minimum absolute atomic E-state index is 0.0876. The largest absolute Gasteiger partial charge is 0.480 e. The summed E-state index contributed by atoms with van der Waals surface area (Å²) < 4.78 is 9.63. The highest BCUT2D eigenvalue weighted by molar-refractivity contribution is 6.64. The summed E-state index contributed by atoms with van der Waals surface area (Å²) in [6.07, 6.45) is 7.61. The zero-order chi connectivity index (χ0) is 15.7. The van der Waals surface area contributed by atoms with Crippen molar-refractivity contribution in [1.29, 1.82) is 0 Å². The third-order valence-electron chi connectivity index (χ3n) is 2.36. The average molecular weight is 284 g/mol. The minimum Gasteiger partial charge on any atom is -0.480 e. The highest BCUT2D eigenvalue weighted by Gasteiger charge is 2.28. The molecule has 0 aromatic heterocycles. The maximum atomic E-state index is 11.7. The second-order valence-electron chi connectivity index (χ2n) is 3.67. The van der Waals surface area contributed by atoms with E-state index in [1.54, 1.807) is 24.3 Å². The molecule has 6 heteroatoms. The van der Waals surface area contributed by atoms with Gasteiger partial charge in [0.1, 0.15) is 12.4 Å². The van der Waals surface area contributed by atoms with Gasteiger partial charge in [0, 0.05) is 5.56 Å². The Hall–Kier alpha value is -3.16. The molecule has 0 aliphatic carbocycles. The van der Waals surface area contributed by atoms with Gasteiger partial charge in [-0.25, -0.2) is 4.79 Å². The van der Waals surface area contributed by atoms with Gasteiger partial charge in [-0.2, -0.15) is 4.79 Å². The van der Waals surface area contributed by atoms with E-state index in [0.717, 1.165) is 13.2 Å². The number of allylic oxidation sites excluding steroid dienone is 1. The van der Waals surface area contributed by atoms with Gasteiger partial charge in [0.15, 0.2) is 0 Å². The Bertz CT molecular complexity index is 664. The minimum atomic E-state index is -1.02. The van der Waals surface area contributed by atoms with E-state index in [4.69, 9.17) is 16.7 Å². The quantitative estimate of drug-likeness (QED) is 0.149. The third-order valence-corrected chi connectivity index (χ3v) is 2.36. The highest BCUT2D eigenvalue weighted by Crippen LogP contribution is 2.19. The molecule has 0 fully saturated rings. The molecule has 106 valence electrons. The number of rotatable bonds is 6. The van der Waals surface area contributed by atoms with E-state index < -0.39 is 17.5 Å². The maximum absolute atomic E-state index is 11.7. The number of methoxy groups -OCH3 is 1. The average Bonchev–Trinajstić information content (AvgIpc) is 2.52. The van der Waals surface area contributed by atoms with Crippen molar-refractivity contribution in [3.05, 3.63) is 41.4 Å². The molecule has 0 amide bonds. The van der Waals surface area contributed by atoms with Gasteiger partial charge < -0.3 is 15.0 Å². The predicted octanol–water partition coefficient (Wildman–Crippen LogP) is 1.12. The standard InChI is InChI=1S/C15H12N2O4/c1-3-10-21-13-7-5-4-6-11(13)8-9-12(18)14(17-16)15(19)20-2/h1,4-9H,10H2,2H3/b9-8+. The number of carbonyl (C=O) groups excluding carboxylic acids is 2. The lowest BCUT2D eigenvalue weighted by Crippen LogP contribution is -2.24. The number of para-hydroxylation sites is 1. The van der Waals surface area contributed by atoms with E-state index in [0.29, 0.717) is 11.3 Å². The summed E-state index contributed by atoms with van der Waals surface area (Å²) in [6, 6.07) is 6.88. The fourth-order valence-electron chi connectivity index (χ4n) is 1.40. The summed E-state index contributed by atoms with van der Waals surface area (Å²) in [5.74, 6) is 0.998. The van der Waals surface area contributed by atoms with Crippen LogP contribution >= 0.6 is 0 Å². The molecule has 0 N–H and O–H groups in total. The van der Waals surface area contributed by atoms with Crippen LogP contribution in [0, 0.1) is 12.3 Å². The van der Waals surface area contributed by atoms with Crippen LogP contribution in [0.1, 0.15) is 5.56 Å². The van der Waals surface area contributed by atoms with Crippen LogP contribution < -0.4 is 4.74 Å². The molecule has 0 saturated carbocycles. The molecule has 0 bridgehead atoms. The van der Waals surface area contributed by atoms with Crippen LogP contribution in [-0.2, 0) is 14.3 Å². The number of carbonyl (C=O) groups is 2. The van der Waals surface area contributed by atoms with Crippen LogP contribution in [0.3, 0.4) is 0 Å². The van der Waals surface area contributed by atoms with Crippen LogP contribution in [0.4, 0.5) is 0 Å². The summed E-state index contributed by atoms with van der Waals surface area (Å²) in [4.78, 5) is 25.5. The van der Waals surface area contributed by atoms with Crippen molar-refractivity contribution < 1.29 is 23.9 Å². The zero-order valence-corrected chi connectivity index (χ0v) is 11.3. The predicted molar refractivity (Wildman–Crippen MR) is 75.5 cm³/mol. The Labute approximate surface area is 121 Å². The maximum Gasteiger partial charge on any atom is 0.445 e. The van der Waals surface area contributed by atoms with Crippen molar-refractivity contribution in [2.24, 2.45) is 0 Å². The fourth-order valence-corrected chi connectivity index (χ4v) is 1.40. The van der Waals surface area contributed by atoms with Gasteiger partial charge in [-0.3, -0.25) is 4.79 Å². The first kappa shape index (κ1) is 15.9. The van der Waals surface area contributed by atoms with Crippen molar-refractivity contribution >= 4 is 23.5 Å². The van der Waals surface area contributed by atoms with E-state index in [-0.39, 0.29) is 6.61 Å². The Morgan fingerprint density at radius 3 is 2.76 bits per heavy atom. The van der Waals surface area contributed by atoms with Gasteiger partial charge in [-0.15, -0.1) is 6.42 Å². The Balaban J connectivity index is 2.95. The van der Waals surface area contributed by atoms with Crippen LogP contribution in [0.25, 0.3) is 11.6 Å². The summed E-state index contributed by atoms with van der Waals surface area (Å²) >= 11 is 0. The van der Waals surface area contributed by atoms with Crippen LogP contribution in [-0.4, -0.2) is 36.0 Å². The second-order valence-corrected chi connectivity index (χ2v) is 3.67. The molecule has 0 atom stereocenters. The first-order chi connectivity index (χ1) is 10.1. The normalized spacial score (nSPS) is 9.52. The Morgan fingerprint density at radius 1 is 1.43 bits per heavy atom. The first-order valence-corrected chi connectivity index (χ1v) is 5.82. The SMILES string of the molecule is C#CCOc1ccccc1/C=C/C(=O)C(=[N+]=[N-])C(=O)OC. The molecule has 0 heterocycles. The fraction of sp³-hybridized carbons (Fsp3) is 0.133. The topological polar surface area (TPSA) is 89.0 Å². The molecule has 0 aliphatic rings. The lowest BCUT2D eigenvalue weighted by atomic mass is 10.1. The summed E-state index contributed by atoms with van der Waals surface area (Å²) in [5.41, 5.74) is 8.53. The molecule has 0 saturated heterocycles. The molecular formula is C15H12N2O4. The van der Waals surface area contributed by atoms with Crippen LogP contribution in [0.5, 0.6) is 5.75 Å². The lowest BCUT2D eigenvalue weighted by Gasteiger charge is -2.05. The number of ether oxygens (including phenoxy) is 2. The molecular weight excluding hydrogens is 272 g/mol. The molecule has 6 nitrogen and oxygen atoms in total. The Morgan fingerprint density at radius 2 is 2.14 bits per heavy atom. The number of esters is 1. The van der Waals surface area contributed by atoms with Crippen molar-refractivity contribution in [3.8, 4) is 18.1 Å². The zero-order valence-electron chi connectivity index (χ0n) is 11.3. The lowest BCUT2D eigenvalue weighted by molar-refractivity contribution is -0.139. The molecule has 1 rings (SSSR count). The number of terminal acetylenes is 1. The van der Waals surface area contributed by atoms with Crippen molar-refractivity contribution in [1.82, 2.24) is 0 Å². The molecule has 0 aliphatic heterocycles. The van der Waals surface area contributed by atoms with E-state index in [1.807, 2.05) is 0 Å². The van der Waals surface area contributed by atoms with Crippen LogP contribution in [0.15, 0.2) is 30.3 Å². The Kier molecular flexibility index (Phi) is 6.13. The van der Waals surface area contributed by atoms with Crippen molar-refractivity contribution in [2.45, 2.75) is 0 Å². The van der Waals surface area contributed by atoms with Gasteiger partial charge in [0.2, 0.25) is 0 Å². The van der Waals surface area contributed by atoms with Crippen molar-refractivity contribution in [3.63, 3.8) is 0 Å². The molecule has 0 spiro atoms. The van der Waals surface area contributed by atoms with Crippen molar-refractivity contribution in [2.75, 3.05) is 13.7 Å². The third kappa shape index (κ3) is 4.46. The number of hydrogen-bond donors (Lipinski definition) is 0. The highest BCUT2D eigenvalue weighted by atomic mass is 16.5. The molecule has 1 aromatic rings. The van der Waals surface area contributed by atoms with Gasteiger partial charge in [0.25, 0.3) is 5.78 Å². The molecule has 0 unspecified atom stereocenters. The van der Waals surface area contributed by atoms with E-state index in [1.165, 1.54) is 6.08 Å².